The van der Waals surface area contributed by atoms with E-state index in [1.54, 1.807) is 11.3 Å². The van der Waals surface area contributed by atoms with Crippen LogP contribution in [0.4, 0.5) is 10.5 Å². The summed E-state index contributed by atoms with van der Waals surface area (Å²) in [5, 5.41) is 7.95. The molecule has 0 saturated carbocycles. The van der Waals surface area contributed by atoms with Crippen molar-refractivity contribution in [2.24, 2.45) is 0 Å². The Hall–Kier alpha value is -2.00. The Labute approximate surface area is 156 Å². The quantitative estimate of drug-likeness (QED) is 0.857. The summed E-state index contributed by atoms with van der Waals surface area (Å²) in [6.07, 6.45) is 0. The molecule has 4 rings (SSSR count). The van der Waals surface area contributed by atoms with Crippen molar-refractivity contribution in [2.75, 3.05) is 44.8 Å². The summed E-state index contributed by atoms with van der Waals surface area (Å²) in [4.78, 5) is 19.0. The van der Waals surface area contributed by atoms with Crippen LogP contribution in [0.2, 0.25) is 0 Å². The average Bonchev–Trinajstić information content (AvgIpc) is 3.35. The minimum atomic E-state index is -0.208. The molecule has 0 aliphatic carbocycles. The Kier molecular flexibility index (Phi) is 5.45. The lowest BCUT2D eigenvalue weighted by atomic mass is 10.1. The predicted molar refractivity (Wildman–Crippen MR) is 100 cm³/mol. The van der Waals surface area contributed by atoms with Gasteiger partial charge in [0.15, 0.2) is 0 Å². The fourth-order valence-electron chi connectivity index (χ4n) is 3.36. The van der Waals surface area contributed by atoms with E-state index in [0.29, 0.717) is 13.2 Å². The normalized spacial score (nSPS) is 23.7. The van der Waals surface area contributed by atoms with Crippen molar-refractivity contribution in [2.45, 2.75) is 12.1 Å². The molecule has 1 aromatic carbocycles. The Morgan fingerprint density at radius 1 is 1.15 bits per heavy atom. The third-order valence-corrected chi connectivity index (χ3v) is 5.34. The topological polar surface area (TPSA) is 75.7 Å². The van der Waals surface area contributed by atoms with Crippen LogP contribution in [0.15, 0.2) is 35.2 Å². The smallest absolute Gasteiger partial charge is 0.319 e. The number of nitrogens with one attached hydrogen (secondary N) is 2. The number of carbonyl (C=O) groups is 1. The Morgan fingerprint density at radius 3 is 2.69 bits per heavy atom. The van der Waals surface area contributed by atoms with Crippen LogP contribution in [0.3, 0.4) is 0 Å². The largest absolute Gasteiger partial charge is 0.379 e. The summed E-state index contributed by atoms with van der Waals surface area (Å²) in [6.45, 7) is 4.42. The molecule has 2 fully saturated rings. The summed E-state index contributed by atoms with van der Waals surface area (Å²) in [7, 11) is 0. The van der Waals surface area contributed by atoms with Crippen molar-refractivity contribution < 1.29 is 14.3 Å². The Morgan fingerprint density at radius 2 is 1.96 bits per heavy atom. The lowest BCUT2D eigenvalue weighted by Gasteiger charge is -2.34. The molecule has 8 heteroatoms. The van der Waals surface area contributed by atoms with Crippen LogP contribution in [0.25, 0.3) is 11.3 Å². The standard InChI is InChI=1S/C18H22N4O3S/c23-18(20-14-3-1-13(2-4-14)16-11-26-12-19-16)21-15-9-25-10-17(15)22-5-7-24-8-6-22/h1-4,11-12,15,17H,5-10H2,(H2,20,21,23)/t15-,17-/m0/s1. The van der Waals surface area contributed by atoms with Gasteiger partial charge in [-0.1, -0.05) is 12.1 Å². The van der Waals surface area contributed by atoms with Crippen molar-refractivity contribution in [1.29, 1.82) is 0 Å². The Bertz CT molecular complexity index is 717. The highest BCUT2D eigenvalue weighted by molar-refractivity contribution is 7.07. The molecule has 0 bridgehead atoms. The predicted octanol–water partition coefficient (Wildman–Crippen LogP) is 2.03. The van der Waals surface area contributed by atoms with Crippen LogP contribution in [-0.2, 0) is 9.47 Å². The molecule has 2 atom stereocenters. The number of amides is 2. The number of benzene rings is 1. The second-order valence-electron chi connectivity index (χ2n) is 6.41. The molecule has 2 aliphatic heterocycles. The number of nitrogens with zero attached hydrogens (tertiary/aromatic N) is 2. The van der Waals surface area contributed by atoms with E-state index < -0.39 is 0 Å². The van der Waals surface area contributed by atoms with Crippen molar-refractivity contribution in [1.82, 2.24) is 15.2 Å². The fourth-order valence-corrected chi connectivity index (χ4v) is 3.93. The summed E-state index contributed by atoms with van der Waals surface area (Å²) >= 11 is 1.56. The van der Waals surface area contributed by atoms with Gasteiger partial charge in [-0.25, -0.2) is 9.78 Å². The first-order chi connectivity index (χ1) is 12.8. The lowest BCUT2D eigenvalue weighted by molar-refractivity contribution is 0.0113. The molecule has 0 unspecified atom stereocenters. The number of aromatic nitrogens is 1. The van der Waals surface area contributed by atoms with Gasteiger partial charge in [0.25, 0.3) is 0 Å². The minimum absolute atomic E-state index is 0.0117. The third kappa shape index (κ3) is 4.04. The molecule has 2 aromatic rings. The molecule has 2 amide bonds. The van der Waals surface area contributed by atoms with Crippen LogP contribution in [-0.4, -0.2) is 67.5 Å². The van der Waals surface area contributed by atoms with Gasteiger partial charge in [0, 0.05) is 29.7 Å². The van der Waals surface area contributed by atoms with Gasteiger partial charge in [0.1, 0.15) is 0 Å². The molecule has 0 radical (unpaired) electrons. The zero-order chi connectivity index (χ0) is 17.8. The summed E-state index contributed by atoms with van der Waals surface area (Å²) in [5.74, 6) is 0. The highest BCUT2D eigenvalue weighted by Crippen LogP contribution is 2.21. The molecule has 2 N–H and O–H groups in total. The van der Waals surface area contributed by atoms with Gasteiger partial charge < -0.3 is 20.1 Å². The third-order valence-electron chi connectivity index (χ3n) is 4.75. The van der Waals surface area contributed by atoms with Gasteiger partial charge in [-0.15, -0.1) is 11.3 Å². The number of ether oxygens (including phenoxy) is 2. The van der Waals surface area contributed by atoms with Gasteiger partial charge in [0.2, 0.25) is 0 Å². The molecule has 3 heterocycles. The molecule has 1 aromatic heterocycles. The van der Waals surface area contributed by atoms with Crippen LogP contribution >= 0.6 is 11.3 Å². The maximum Gasteiger partial charge on any atom is 0.319 e. The number of hydrogen-bond acceptors (Lipinski definition) is 6. The van der Waals surface area contributed by atoms with Crippen LogP contribution < -0.4 is 10.6 Å². The lowest BCUT2D eigenvalue weighted by Crippen LogP contribution is -2.54. The number of urea groups is 1. The van der Waals surface area contributed by atoms with Gasteiger partial charge in [0.05, 0.1) is 49.7 Å². The molecule has 138 valence electrons. The van der Waals surface area contributed by atoms with Crippen molar-refractivity contribution in [3.8, 4) is 11.3 Å². The SMILES string of the molecule is O=C(Nc1ccc(-c2cscn2)cc1)N[C@H]1COC[C@@H]1N1CCOCC1. The van der Waals surface area contributed by atoms with Crippen molar-refractivity contribution >= 4 is 23.1 Å². The van der Waals surface area contributed by atoms with E-state index in [1.165, 1.54) is 0 Å². The number of morpholine rings is 1. The van der Waals surface area contributed by atoms with Crippen LogP contribution in [0.5, 0.6) is 0 Å². The monoisotopic (exact) mass is 374 g/mol. The average molecular weight is 374 g/mol. The second kappa shape index (κ2) is 8.13. The highest BCUT2D eigenvalue weighted by atomic mass is 32.1. The van der Waals surface area contributed by atoms with E-state index in [0.717, 1.165) is 43.2 Å². The van der Waals surface area contributed by atoms with E-state index >= 15 is 0 Å². The molecular weight excluding hydrogens is 352 g/mol. The van der Waals surface area contributed by atoms with E-state index in [1.807, 2.05) is 35.2 Å². The maximum absolute atomic E-state index is 12.4. The van der Waals surface area contributed by atoms with Gasteiger partial charge in [-0.2, -0.15) is 0 Å². The molecule has 0 spiro atoms. The van der Waals surface area contributed by atoms with Gasteiger partial charge in [-0.05, 0) is 12.1 Å². The second-order valence-corrected chi connectivity index (χ2v) is 7.13. The maximum atomic E-state index is 12.4. The minimum Gasteiger partial charge on any atom is -0.379 e. The van der Waals surface area contributed by atoms with E-state index in [2.05, 4.69) is 20.5 Å². The molecule has 2 aliphatic rings. The number of rotatable bonds is 4. The Balaban J connectivity index is 1.33. The summed E-state index contributed by atoms with van der Waals surface area (Å²) in [5.41, 5.74) is 4.54. The molecular formula is C18H22N4O3S. The van der Waals surface area contributed by atoms with Gasteiger partial charge >= 0.3 is 6.03 Å². The van der Waals surface area contributed by atoms with Crippen molar-refractivity contribution in [3.05, 3.63) is 35.2 Å². The molecule has 26 heavy (non-hydrogen) atoms. The number of anilines is 1. The van der Waals surface area contributed by atoms with Crippen LogP contribution in [0, 0.1) is 0 Å². The first-order valence-electron chi connectivity index (χ1n) is 8.75. The van der Waals surface area contributed by atoms with Crippen LogP contribution in [0.1, 0.15) is 0 Å². The molecule has 2 saturated heterocycles. The number of carbonyl (C=O) groups excluding carboxylic acids is 1. The molecule has 7 nitrogen and oxygen atoms in total. The van der Waals surface area contributed by atoms with E-state index in [-0.39, 0.29) is 18.1 Å². The zero-order valence-corrected chi connectivity index (χ0v) is 15.2. The summed E-state index contributed by atoms with van der Waals surface area (Å²) in [6, 6.07) is 7.68. The van der Waals surface area contributed by atoms with E-state index in [4.69, 9.17) is 9.47 Å². The van der Waals surface area contributed by atoms with Gasteiger partial charge in [-0.3, -0.25) is 4.90 Å². The number of thiazole rings is 1. The highest BCUT2D eigenvalue weighted by Gasteiger charge is 2.34. The van der Waals surface area contributed by atoms with Crippen molar-refractivity contribution in [3.63, 3.8) is 0 Å². The summed E-state index contributed by atoms with van der Waals surface area (Å²) < 4.78 is 11.0. The fraction of sp³-hybridized carbons (Fsp3) is 0.444. The number of hydrogen-bond donors (Lipinski definition) is 2. The first kappa shape index (κ1) is 17.4. The van der Waals surface area contributed by atoms with E-state index in [9.17, 15) is 4.79 Å². The zero-order valence-electron chi connectivity index (χ0n) is 14.4. The first-order valence-corrected chi connectivity index (χ1v) is 9.69.